The van der Waals surface area contributed by atoms with Crippen LogP contribution in [0.2, 0.25) is 0 Å². The van der Waals surface area contributed by atoms with Gasteiger partial charge in [0, 0.05) is 20.5 Å². The van der Waals surface area contributed by atoms with Crippen molar-refractivity contribution >= 4 is 34.2 Å². The molecule has 0 saturated carbocycles. The van der Waals surface area contributed by atoms with Crippen molar-refractivity contribution in [3.63, 3.8) is 0 Å². The number of benzene rings is 2. The summed E-state index contributed by atoms with van der Waals surface area (Å²) in [5.41, 5.74) is 5.70. The van der Waals surface area contributed by atoms with Crippen LogP contribution in [-0.4, -0.2) is 15.7 Å². The van der Waals surface area contributed by atoms with Gasteiger partial charge in [-0.1, -0.05) is 18.2 Å². The molecular formula is C20H18IN3O. The van der Waals surface area contributed by atoms with Crippen LogP contribution in [0.4, 0.5) is 5.69 Å². The number of amides is 1. The van der Waals surface area contributed by atoms with E-state index in [1.54, 1.807) is 0 Å². The average molecular weight is 443 g/mol. The van der Waals surface area contributed by atoms with Gasteiger partial charge in [-0.05, 0) is 84.7 Å². The predicted octanol–water partition coefficient (Wildman–Crippen LogP) is 4.53. The maximum Gasteiger partial charge on any atom is 0.276 e. The van der Waals surface area contributed by atoms with Crippen LogP contribution in [-0.2, 0) is 12.8 Å². The molecule has 1 heterocycles. The zero-order valence-electron chi connectivity index (χ0n) is 13.9. The van der Waals surface area contributed by atoms with Crippen molar-refractivity contribution in [2.24, 2.45) is 0 Å². The van der Waals surface area contributed by atoms with E-state index >= 15 is 0 Å². The molecule has 0 unspecified atom stereocenters. The number of aromatic nitrogens is 2. The normalized spacial score (nSPS) is 12.9. The van der Waals surface area contributed by atoms with Crippen LogP contribution in [0.25, 0.3) is 5.69 Å². The van der Waals surface area contributed by atoms with Gasteiger partial charge in [-0.25, -0.2) is 4.68 Å². The number of halogens is 1. The molecule has 126 valence electrons. The number of aryl methyl sites for hydroxylation is 1. The quantitative estimate of drug-likeness (QED) is 0.605. The monoisotopic (exact) mass is 443 g/mol. The lowest BCUT2D eigenvalue weighted by Gasteiger charge is -2.08. The highest BCUT2D eigenvalue weighted by Gasteiger charge is 2.27. The summed E-state index contributed by atoms with van der Waals surface area (Å²) in [6.45, 7) is 2.00. The third-order valence-corrected chi connectivity index (χ3v) is 5.25. The standard InChI is InChI=1S/C20H18IN3O/c1-13-12-14(21)10-11-17(13)22-20(25)19-16-8-5-9-18(16)24(23-19)15-6-3-2-4-7-15/h2-4,6-7,10-12H,5,8-9H2,1H3,(H,22,25). The van der Waals surface area contributed by atoms with E-state index in [0.717, 1.165) is 51.0 Å². The molecule has 1 N–H and O–H groups in total. The minimum atomic E-state index is -0.128. The molecule has 25 heavy (non-hydrogen) atoms. The van der Waals surface area contributed by atoms with Crippen LogP contribution in [0.15, 0.2) is 48.5 Å². The Morgan fingerprint density at radius 3 is 2.72 bits per heavy atom. The number of rotatable bonds is 3. The van der Waals surface area contributed by atoms with E-state index in [0.29, 0.717) is 5.69 Å². The second-order valence-electron chi connectivity index (χ2n) is 6.29. The third kappa shape index (κ3) is 3.08. The highest BCUT2D eigenvalue weighted by atomic mass is 127. The minimum absolute atomic E-state index is 0.128. The van der Waals surface area contributed by atoms with Crippen molar-refractivity contribution in [1.82, 2.24) is 9.78 Å². The van der Waals surface area contributed by atoms with E-state index in [4.69, 9.17) is 0 Å². The molecule has 0 bridgehead atoms. The topological polar surface area (TPSA) is 46.9 Å². The summed E-state index contributed by atoms with van der Waals surface area (Å²) in [5.74, 6) is -0.128. The van der Waals surface area contributed by atoms with Gasteiger partial charge >= 0.3 is 0 Å². The molecule has 0 radical (unpaired) electrons. The maximum absolute atomic E-state index is 12.9. The van der Waals surface area contributed by atoms with Crippen LogP contribution in [0, 0.1) is 10.5 Å². The Kier molecular flexibility index (Phi) is 4.33. The van der Waals surface area contributed by atoms with E-state index in [2.05, 4.69) is 39.1 Å². The summed E-state index contributed by atoms with van der Waals surface area (Å²) >= 11 is 2.27. The van der Waals surface area contributed by atoms with E-state index < -0.39 is 0 Å². The highest BCUT2D eigenvalue weighted by Crippen LogP contribution is 2.28. The average Bonchev–Trinajstić information content (AvgIpc) is 3.20. The van der Waals surface area contributed by atoms with Gasteiger partial charge in [0.15, 0.2) is 5.69 Å². The maximum atomic E-state index is 12.9. The lowest BCUT2D eigenvalue weighted by molar-refractivity contribution is 0.102. The van der Waals surface area contributed by atoms with Gasteiger partial charge in [0.25, 0.3) is 5.91 Å². The van der Waals surface area contributed by atoms with E-state index in [1.165, 1.54) is 0 Å². The Morgan fingerprint density at radius 1 is 1.16 bits per heavy atom. The van der Waals surface area contributed by atoms with Gasteiger partial charge in [0.1, 0.15) is 0 Å². The highest BCUT2D eigenvalue weighted by molar-refractivity contribution is 14.1. The number of fused-ring (bicyclic) bond motifs is 1. The fourth-order valence-corrected chi connectivity index (χ4v) is 4.00. The van der Waals surface area contributed by atoms with E-state index in [-0.39, 0.29) is 5.91 Å². The van der Waals surface area contributed by atoms with Crippen molar-refractivity contribution < 1.29 is 4.79 Å². The molecule has 4 nitrogen and oxygen atoms in total. The van der Waals surface area contributed by atoms with Gasteiger partial charge in [-0.15, -0.1) is 0 Å². The molecule has 1 aliphatic carbocycles. The van der Waals surface area contributed by atoms with Crippen molar-refractivity contribution in [2.45, 2.75) is 26.2 Å². The smallest absolute Gasteiger partial charge is 0.276 e. The molecule has 5 heteroatoms. The number of carbonyl (C=O) groups is 1. The van der Waals surface area contributed by atoms with Crippen LogP contribution >= 0.6 is 22.6 Å². The number of anilines is 1. The summed E-state index contributed by atoms with van der Waals surface area (Å²) < 4.78 is 3.08. The molecule has 1 aliphatic rings. The van der Waals surface area contributed by atoms with E-state index in [1.807, 2.05) is 54.1 Å². The van der Waals surface area contributed by atoms with Crippen molar-refractivity contribution in [1.29, 1.82) is 0 Å². The lowest BCUT2D eigenvalue weighted by Crippen LogP contribution is -2.15. The third-order valence-electron chi connectivity index (χ3n) is 4.58. The SMILES string of the molecule is Cc1cc(I)ccc1NC(=O)c1nn(-c2ccccc2)c2c1CCC2. The van der Waals surface area contributed by atoms with Crippen LogP contribution < -0.4 is 5.32 Å². The Labute approximate surface area is 160 Å². The number of carbonyl (C=O) groups excluding carboxylic acids is 1. The molecule has 0 fully saturated rings. The first-order valence-electron chi connectivity index (χ1n) is 8.37. The van der Waals surface area contributed by atoms with Gasteiger partial charge in [-0.2, -0.15) is 5.10 Å². The lowest BCUT2D eigenvalue weighted by atomic mass is 10.1. The zero-order valence-corrected chi connectivity index (χ0v) is 16.1. The summed E-state index contributed by atoms with van der Waals surface area (Å²) in [7, 11) is 0. The van der Waals surface area contributed by atoms with Gasteiger partial charge in [-0.3, -0.25) is 4.79 Å². The summed E-state index contributed by atoms with van der Waals surface area (Å²) in [6, 6.07) is 16.0. The summed E-state index contributed by atoms with van der Waals surface area (Å²) in [4.78, 5) is 12.9. The van der Waals surface area contributed by atoms with Crippen molar-refractivity contribution in [2.75, 3.05) is 5.32 Å². The first kappa shape index (κ1) is 16.3. The Bertz CT molecular complexity index is 947. The second kappa shape index (κ2) is 6.63. The van der Waals surface area contributed by atoms with Crippen molar-refractivity contribution in [3.8, 4) is 5.69 Å². The minimum Gasteiger partial charge on any atom is -0.320 e. The van der Waals surface area contributed by atoms with Crippen LogP contribution in [0.5, 0.6) is 0 Å². The number of hydrogen-bond donors (Lipinski definition) is 1. The molecule has 1 aromatic heterocycles. The molecule has 4 rings (SSSR count). The Hall–Kier alpha value is -2.15. The van der Waals surface area contributed by atoms with Crippen LogP contribution in [0.1, 0.15) is 33.7 Å². The van der Waals surface area contributed by atoms with Crippen molar-refractivity contribution in [3.05, 3.63) is 74.6 Å². The summed E-state index contributed by atoms with van der Waals surface area (Å²) in [5, 5.41) is 7.68. The number of nitrogens with zero attached hydrogens (tertiary/aromatic N) is 2. The largest absolute Gasteiger partial charge is 0.320 e. The molecule has 3 aromatic rings. The first-order valence-corrected chi connectivity index (χ1v) is 9.45. The molecular weight excluding hydrogens is 425 g/mol. The van der Waals surface area contributed by atoms with E-state index in [9.17, 15) is 4.79 Å². The fourth-order valence-electron chi connectivity index (χ4n) is 3.35. The number of nitrogens with one attached hydrogen (secondary N) is 1. The fraction of sp³-hybridized carbons (Fsp3) is 0.200. The number of para-hydroxylation sites is 1. The summed E-state index contributed by atoms with van der Waals surface area (Å²) in [6.07, 6.45) is 2.95. The zero-order chi connectivity index (χ0) is 17.4. The number of hydrogen-bond acceptors (Lipinski definition) is 2. The van der Waals surface area contributed by atoms with Crippen LogP contribution in [0.3, 0.4) is 0 Å². The molecule has 2 aromatic carbocycles. The second-order valence-corrected chi connectivity index (χ2v) is 7.53. The molecule has 0 aliphatic heterocycles. The Morgan fingerprint density at radius 2 is 1.96 bits per heavy atom. The molecule has 0 atom stereocenters. The van der Waals surface area contributed by atoms with Gasteiger partial charge < -0.3 is 5.32 Å². The molecule has 0 saturated heterocycles. The predicted molar refractivity (Wildman–Crippen MR) is 107 cm³/mol. The Balaban J connectivity index is 1.70. The van der Waals surface area contributed by atoms with Gasteiger partial charge in [0.2, 0.25) is 0 Å². The first-order chi connectivity index (χ1) is 12.1. The molecule has 1 amide bonds. The molecule has 0 spiro atoms. The van der Waals surface area contributed by atoms with Gasteiger partial charge in [0.05, 0.1) is 5.69 Å².